The van der Waals surface area contributed by atoms with Gasteiger partial charge in [0.15, 0.2) is 0 Å². The number of hydrogen-bond acceptors (Lipinski definition) is 4. The fourth-order valence-corrected chi connectivity index (χ4v) is 6.19. The Hall–Kier alpha value is -1.44. The minimum Gasteiger partial charge on any atom is -0.481 e. The molecule has 2 atom stereocenters. The normalized spacial score (nSPS) is 27.4. The van der Waals surface area contributed by atoms with Gasteiger partial charge in [0.1, 0.15) is 0 Å². The van der Waals surface area contributed by atoms with Crippen LogP contribution >= 0.6 is 0 Å². The third-order valence-corrected chi connectivity index (χ3v) is 7.90. The first-order valence-electron chi connectivity index (χ1n) is 8.13. The summed E-state index contributed by atoms with van der Waals surface area (Å²) in [5, 5.41) is 12.8. The lowest BCUT2D eigenvalue weighted by Crippen LogP contribution is -2.41. The number of carbonyl (C=O) groups is 1. The first-order chi connectivity index (χ1) is 11.1. The Morgan fingerprint density at radius 3 is 2.33 bits per heavy atom. The van der Waals surface area contributed by atoms with Crippen molar-refractivity contribution in [3.63, 3.8) is 0 Å². The van der Waals surface area contributed by atoms with Crippen LogP contribution in [0.1, 0.15) is 22.3 Å². The average Bonchev–Trinajstić information content (AvgIpc) is 3.03. The molecule has 0 spiro atoms. The summed E-state index contributed by atoms with van der Waals surface area (Å²) in [6.45, 7) is 8.61. The Morgan fingerprint density at radius 2 is 1.83 bits per heavy atom. The van der Waals surface area contributed by atoms with E-state index in [1.54, 1.807) is 0 Å². The van der Waals surface area contributed by atoms with E-state index < -0.39 is 21.4 Å². The Morgan fingerprint density at radius 1 is 1.25 bits per heavy atom. The second-order valence-corrected chi connectivity index (χ2v) is 9.05. The van der Waals surface area contributed by atoms with Crippen LogP contribution in [0.25, 0.3) is 0 Å². The van der Waals surface area contributed by atoms with Gasteiger partial charge in [-0.25, -0.2) is 8.42 Å². The maximum atomic E-state index is 13.3. The zero-order valence-corrected chi connectivity index (χ0v) is 15.3. The standard InChI is InChI=1S/C17H24N2O4S/c1-10-5-11(2)13(4)15(12(10)3)24(22,23)19-7-14-6-18-8-17(14,9-19)16(20)21/h5,14,18H,6-9H2,1-4H3,(H,20,21)/t14-,17-/m0/s1. The van der Waals surface area contributed by atoms with Gasteiger partial charge in [-0.1, -0.05) is 6.07 Å². The van der Waals surface area contributed by atoms with Gasteiger partial charge in [0, 0.05) is 32.1 Å². The van der Waals surface area contributed by atoms with E-state index in [4.69, 9.17) is 0 Å². The van der Waals surface area contributed by atoms with Gasteiger partial charge in [-0.2, -0.15) is 4.31 Å². The highest BCUT2D eigenvalue weighted by atomic mass is 32.2. The molecule has 2 N–H and O–H groups in total. The molecular formula is C17H24N2O4S. The van der Waals surface area contributed by atoms with Crippen LogP contribution in [0.15, 0.2) is 11.0 Å². The molecule has 6 nitrogen and oxygen atoms in total. The van der Waals surface area contributed by atoms with Crippen LogP contribution in [0, 0.1) is 39.0 Å². The second-order valence-electron chi connectivity index (χ2n) is 7.18. The Labute approximate surface area is 142 Å². The van der Waals surface area contributed by atoms with Gasteiger partial charge in [-0.3, -0.25) is 4.79 Å². The molecule has 3 rings (SSSR count). The smallest absolute Gasteiger partial charge is 0.312 e. The van der Waals surface area contributed by atoms with Crippen molar-refractivity contribution < 1.29 is 18.3 Å². The van der Waals surface area contributed by atoms with E-state index >= 15 is 0 Å². The molecule has 24 heavy (non-hydrogen) atoms. The summed E-state index contributed by atoms with van der Waals surface area (Å²) < 4.78 is 28.0. The van der Waals surface area contributed by atoms with Gasteiger partial charge >= 0.3 is 5.97 Å². The number of fused-ring (bicyclic) bond motifs is 1. The van der Waals surface area contributed by atoms with E-state index in [9.17, 15) is 18.3 Å². The van der Waals surface area contributed by atoms with Gasteiger partial charge in [-0.05, 0) is 49.9 Å². The SMILES string of the molecule is Cc1cc(C)c(C)c(S(=O)(=O)N2C[C@@H]3CNC[C@]3(C(=O)O)C2)c1C. The number of carboxylic acids is 1. The zero-order valence-electron chi connectivity index (χ0n) is 14.5. The minimum atomic E-state index is -3.72. The number of hydrogen-bond donors (Lipinski definition) is 2. The number of aryl methyl sites for hydroxylation is 2. The van der Waals surface area contributed by atoms with Gasteiger partial charge in [-0.15, -0.1) is 0 Å². The molecule has 2 aliphatic rings. The molecule has 2 aliphatic heterocycles. The fourth-order valence-electron chi connectivity index (χ4n) is 4.06. The molecule has 7 heteroatoms. The van der Waals surface area contributed by atoms with Crippen molar-refractivity contribution in [1.29, 1.82) is 0 Å². The first-order valence-corrected chi connectivity index (χ1v) is 9.57. The molecule has 1 aromatic carbocycles. The Kier molecular flexibility index (Phi) is 4.01. The molecule has 1 aromatic rings. The molecule has 0 amide bonds. The van der Waals surface area contributed by atoms with Gasteiger partial charge in [0.25, 0.3) is 0 Å². The van der Waals surface area contributed by atoms with E-state index in [1.165, 1.54) is 4.31 Å². The molecular weight excluding hydrogens is 328 g/mol. The molecule has 0 radical (unpaired) electrons. The fraction of sp³-hybridized carbons (Fsp3) is 0.588. The lowest BCUT2D eigenvalue weighted by atomic mass is 9.81. The van der Waals surface area contributed by atoms with Crippen molar-refractivity contribution in [2.75, 3.05) is 26.2 Å². The van der Waals surface area contributed by atoms with Crippen molar-refractivity contribution in [3.8, 4) is 0 Å². The third-order valence-electron chi connectivity index (χ3n) is 5.82. The monoisotopic (exact) mass is 352 g/mol. The van der Waals surface area contributed by atoms with E-state index in [1.807, 2.05) is 33.8 Å². The molecule has 0 saturated carbocycles. The highest BCUT2D eigenvalue weighted by molar-refractivity contribution is 7.89. The topological polar surface area (TPSA) is 86.7 Å². The van der Waals surface area contributed by atoms with Crippen molar-refractivity contribution in [2.45, 2.75) is 32.6 Å². The number of carboxylic acid groups (broad SMARTS) is 1. The predicted molar refractivity (Wildman–Crippen MR) is 90.6 cm³/mol. The van der Waals surface area contributed by atoms with Crippen LogP contribution < -0.4 is 5.32 Å². The van der Waals surface area contributed by atoms with Gasteiger partial charge < -0.3 is 10.4 Å². The summed E-state index contributed by atoms with van der Waals surface area (Å²) in [6, 6.07) is 1.99. The highest BCUT2D eigenvalue weighted by Gasteiger charge is 2.57. The maximum absolute atomic E-state index is 13.3. The lowest BCUT2D eigenvalue weighted by Gasteiger charge is -2.24. The second kappa shape index (κ2) is 5.54. The number of nitrogens with zero attached hydrogens (tertiary/aromatic N) is 1. The summed E-state index contributed by atoms with van der Waals surface area (Å²) in [5.74, 6) is -1.10. The van der Waals surface area contributed by atoms with E-state index in [2.05, 4.69) is 5.32 Å². The minimum absolute atomic E-state index is 0.0359. The van der Waals surface area contributed by atoms with Gasteiger partial charge in [0.2, 0.25) is 10.0 Å². The van der Waals surface area contributed by atoms with E-state index in [-0.39, 0.29) is 19.0 Å². The van der Waals surface area contributed by atoms with Crippen LogP contribution in [0.4, 0.5) is 0 Å². The summed E-state index contributed by atoms with van der Waals surface area (Å²) >= 11 is 0. The lowest BCUT2D eigenvalue weighted by molar-refractivity contribution is -0.148. The van der Waals surface area contributed by atoms with E-state index in [0.717, 1.165) is 22.3 Å². The van der Waals surface area contributed by atoms with Crippen molar-refractivity contribution in [2.24, 2.45) is 11.3 Å². The molecule has 2 fully saturated rings. The number of sulfonamides is 1. The Balaban J connectivity index is 2.07. The zero-order chi connectivity index (χ0) is 17.9. The largest absolute Gasteiger partial charge is 0.481 e. The molecule has 0 aromatic heterocycles. The quantitative estimate of drug-likeness (QED) is 0.854. The molecule has 0 aliphatic carbocycles. The number of aliphatic carboxylic acids is 1. The molecule has 2 saturated heterocycles. The molecule has 0 unspecified atom stereocenters. The molecule has 0 bridgehead atoms. The van der Waals surface area contributed by atoms with Crippen LogP contribution in [-0.4, -0.2) is 50.0 Å². The van der Waals surface area contributed by atoms with Crippen molar-refractivity contribution >= 4 is 16.0 Å². The van der Waals surface area contributed by atoms with Gasteiger partial charge in [0.05, 0.1) is 10.3 Å². The highest BCUT2D eigenvalue weighted by Crippen LogP contribution is 2.42. The van der Waals surface area contributed by atoms with Crippen LogP contribution in [0.2, 0.25) is 0 Å². The predicted octanol–water partition coefficient (Wildman–Crippen LogP) is 1.21. The summed E-state index contributed by atoms with van der Waals surface area (Å²) in [5.41, 5.74) is 2.36. The van der Waals surface area contributed by atoms with Crippen LogP contribution in [0.5, 0.6) is 0 Å². The van der Waals surface area contributed by atoms with E-state index in [0.29, 0.717) is 18.0 Å². The van der Waals surface area contributed by atoms with Crippen LogP contribution in [0.3, 0.4) is 0 Å². The summed E-state index contributed by atoms with van der Waals surface area (Å²) in [4.78, 5) is 12.1. The number of benzene rings is 1. The Bertz CT molecular complexity index is 792. The number of nitrogens with one attached hydrogen (secondary N) is 1. The molecule has 2 heterocycles. The first kappa shape index (κ1) is 17.4. The summed E-state index contributed by atoms with van der Waals surface area (Å²) in [6.07, 6.45) is 0. The van der Waals surface area contributed by atoms with Crippen molar-refractivity contribution in [3.05, 3.63) is 28.3 Å². The number of rotatable bonds is 3. The third kappa shape index (κ3) is 2.29. The van der Waals surface area contributed by atoms with Crippen molar-refractivity contribution in [1.82, 2.24) is 9.62 Å². The maximum Gasteiger partial charge on any atom is 0.312 e. The summed E-state index contributed by atoms with van der Waals surface area (Å²) in [7, 11) is -3.72. The average molecular weight is 352 g/mol. The van der Waals surface area contributed by atoms with Crippen LogP contribution in [-0.2, 0) is 14.8 Å². The molecule has 132 valence electrons.